The van der Waals surface area contributed by atoms with Crippen LogP contribution in [-0.2, 0) is 0 Å². The average molecular weight is 923 g/mol. The molecule has 71 heavy (non-hydrogen) atoms. The summed E-state index contributed by atoms with van der Waals surface area (Å²) in [7, 11) is 0. The summed E-state index contributed by atoms with van der Waals surface area (Å²) >= 11 is 1.81. The minimum absolute atomic E-state index is 0.578. The van der Waals surface area contributed by atoms with Gasteiger partial charge < -0.3 is 8.98 Å². The first-order valence-electron chi connectivity index (χ1n) is 23.9. The fraction of sp³-hybridized carbons (Fsp3) is 0. The molecule has 0 amide bonds. The minimum Gasteiger partial charge on any atom is -0.456 e. The Morgan fingerprint density at radius 3 is 1.77 bits per heavy atom. The maximum atomic E-state index is 6.99. The summed E-state index contributed by atoms with van der Waals surface area (Å²) in [6.45, 7) is 0. The Kier molecular flexibility index (Phi) is 8.76. The molecule has 4 heterocycles. The van der Waals surface area contributed by atoms with E-state index >= 15 is 0 Å². The van der Waals surface area contributed by atoms with Crippen molar-refractivity contribution >= 4 is 96.8 Å². The third-order valence-electron chi connectivity index (χ3n) is 14.2. The molecule has 0 radical (unpaired) electrons. The van der Waals surface area contributed by atoms with Gasteiger partial charge in [0.2, 0.25) is 0 Å². The van der Waals surface area contributed by atoms with Gasteiger partial charge in [-0.15, -0.1) is 11.3 Å². The monoisotopic (exact) mass is 922 g/mol. The summed E-state index contributed by atoms with van der Waals surface area (Å²) in [5, 5.41) is 11.4. The molecule has 15 rings (SSSR count). The molecule has 11 aromatic carbocycles. The van der Waals surface area contributed by atoms with E-state index in [4.69, 9.17) is 19.4 Å². The summed E-state index contributed by atoms with van der Waals surface area (Å²) < 4.78 is 11.9. The van der Waals surface area contributed by atoms with E-state index < -0.39 is 0 Å². The first kappa shape index (κ1) is 39.7. The number of benzene rings is 11. The predicted octanol–water partition coefficient (Wildman–Crippen LogP) is 17.9. The van der Waals surface area contributed by atoms with Gasteiger partial charge in [0.15, 0.2) is 17.5 Å². The van der Waals surface area contributed by atoms with Crippen LogP contribution in [0.4, 0.5) is 0 Å². The van der Waals surface area contributed by atoms with Crippen molar-refractivity contribution in [1.29, 1.82) is 0 Å². The number of aromatic nitrogens is 4. The molecule has 0 bridgehead atoms. The van der Waals surface area contributed by atoms with Crippen LogP contribution < -0.4 is 0 Å². The van der Waals surface area contributed by atoms with Gasteiger partial charge in [0.1, 0.15) is 11.2 Å². The van der Waals surface area contributed by atoms with Gasteiger partial charge in [-0.2, -0.15) is 0 Å². The minimum atomic E-state index is 0.578. The Balaban J connectivity index is 0.987. The van der Waals surface area contributed by atoms with Gasteiger partial charge in [0.25, 0.3) is 0 Å². The van der Waals surface area contributed by atoms with E-state index in [1.807, 2.05) is 6.07 Å². The van der Waals surface area contributed by atoms with Crippen LogP contribution in [0.15, 0.2) is 235 Å². The molecule has 0 aliphatic carbocycles. The highest BCUT2D eigenvalue weighted by molar-refractivity contribution is 7.25. The van der Waals surface area contributed by atoms with Crippen molar-refractivity contribution < 1.29 is 4.42 Å². The number of hydrogen-bond acceptors (Lipinski definition) is 5. The van der Waals surface area contributed by atoms with E-state index in [1.165, 1.54) is 47.3 Å². The lowest BCUT2D eigenvalue weighted by atomic mass is 9.96. The van der Waals surface area contributed by atoms with Crippen LogP contribution in [0.5, 0.6) is 0 Å². The van der Waals surface area contributed by atoms with E-state index in [1.54, 1.807) is 11.3 Å². The van der Waals surface area contributed by atoms with E-state index in [0.717, 1.165) is 82.8 Å². The Bertz CT molecular complexity index is 4640. The maximum absolute atomic E-state index is 6.99. The van der Waals surface area contributed by atoms with Crippen molar-refractivity contribution in [2.24, 2.45) is 0 Å². The second-order valence-corrected chi connectivity index (χ2v) is 19.4. The summed E-state index contributed by atoms with van der Waals surface area (Å²) in [4.78, 5) is 16.0. The number of nitrogens with zero attached hydrogens (tertiary/aromatic N) is 4. The van der Waals surface area contributed by atoms with Crippen LogP contribution in [-0.4, -0.2) is 19.5 Å². The largest absolute Gasteiger partial charge is 0.456 e. The number of hydrogen-bond donors (Lipinski definition) is 0. The molecule has 330 valence electrons. The van der Waals surface area contributed by atoms with Gasteiger partial charge >= 0.3 is 0 Å². The third-order valence-corrected chi connectivity index (χ3v) is 15.4. The Morgan fingerprint density at radius 1 is 0.324 bits per heavy atom. The maximum Gasteiger partial charge on any atom is 0.164 e. The molecule has 0 atom stereocenters. The number of rotatable bonds is 6. The van der Waals surface area contributed by atoms with Crippen molar-refractivity contribution in [3.05, 3.63) is 231 Å². The molecule has 15 aromatic rings. The fourth-order valence-corrected chi connectivity index (χ4v) is 11.9. The highest BCUT2D eigenvalue weighted by atomic mass is 32.1. The summed E-state index contributed by atoms with van der Waals surface area (Å²) in [6, 6.07) is 82.3. The number of para-hydroxylation sites is 1. The number of furan rings is 1. The zero-order valence-corrected chi connectivity index (χ0v) is 38.9. The van der Waals surface area contributed by atoms with Crippen molar-refractivity contribution in [2.45, 2.75) is 0 Å². The predicted molar refractivity (Wildman–Crippen MR) is 297 cm³/mol. The molecule has 0 N–H and O–H groups in total. The molecular formula is C65H38N4OS. The number of thiophene rings is 1. The lowest BCUT2D eigenvalue weighted by Gasteiger charge is -2.15. The first-order chi connectivity index (χ1) is 35.1. The second kappa shape index (κ2) is 15.7. The van der Waals surface area contributed by atoms with Gasteiger partial charge in [0.05, 0.1) is 16.7 Å². The Labute approximate surface area is 411 Å². The van der Waals surface area contributed by atoms with Gasteiger partial charge in [0, 0.05) is 70.0 Å². The highest BCUT2D eigenvalue weighted by Gasteiger charge is 2.23. The van der Waals surface area contributed by atoms with E-state index in [2.05, 4.69) is 229 Å². The van der Waals surface area contributed by atoms with E-state index in [0.29, 0.717) is 17.5 Å². The van der Waals surface area contributed by atoms with Crippen LogP contribution in [0.3, 0.4) is 0 Å². The van der Waals surface area contributed by atoms with Crippen molar-refractivity contribution in [3.8, 4) is 62.1 Å². The quantitative estimate of drug-likeness (QED) is 0.167. The second-order valence-electron chi connectivity index (χ2n) is 18.3. The SMILES string of the molecule is c1ccc(-c2ccc(-c3cc4c(cc3-n3c5ccccc5c5cc6ccccc6cc53)oc3cccc(-c5nc(-c6ccc7ccccc7c6)nc(-c6ccc7sc8ccccc8c7c6)n5)c34)cc2)cc1. The molecule has 4 aromatic heterocycles. The van der Waals surface area contributed by atoms with Crippen molar-refractivity contribution in [1.82, 2.24) is 19.5 Å². The topological polar surface area (TPSA) is 56.7 Å². The highest BCUT2D eigenvalue weighted by Crippen LogP contribution is 2.44. The summed E-state index contributed by atoms with van der Waals surface area (Å²) in [5.41, 5.74) is 12.1. The van der Waals surface area contributed by atoms with Crippen LogP contribution in [0.25, 0.3) is 148 Å². The Hall–Kier alpha value is -9.23. The third kappa shape index (κ3) is 6.42. The normalized spacial score (nSPS) is 11.9. The molecular weight excluding hydrogens is 885 g/mol. The zero-order valence-electron chi connectivity index (χ0n) is 38.0. The van der Waals surface area contributed by atoms with Crippen LogP contribution >= 0.6 is 11.3 Å². The fourth-order valence-electron chi connectivity index (χ4n) is 10.8. The first-order valence-corrected chi connectivity index (χ1v) is 24.7. The molecule has 5 nitrogen and oxygen atoms in total. The van der Waals surface area contributed by atoms with E-state index in [9.17, 15) is 0 Å². The summed E-state index contributed by atoms with van der Waals surface area (Å²) in [6.07, 6.45) is 0. The average Bonchev–Trinajstić information content (AvgIpc) is 4.11. The van der Waals surface area contributed by atoms with Crippen LogP contribution in [0.2, 0.25) is 0 Å². The van der Waals surface area contributed by atoms with Gasteiger partial charge in [-0.25, -0.2) is 15.0 Å². The molecule has 0 saturated carbocycles. The smallest absolute Gasteiger partial charge is 0.164 e. The molecule has 0 saturated heterocycles. The van der Waals surface area contributed by atoms with Crippen LogP contribution in [0, 0.1) is 0 Å². The molecule has 0 unspecified atom stereocenters. The zero-order chi connectivity index (χ0) is 46.6. The molecule has 0 aliphatic heterocycles. The standard InChI is InChI=1S/C65H38N4OS/c1-2-13-39(14-3-1)41-25-28-42(29-26-41)51-37-54-59(38-57(51)69-55-22-10-8-19-48(55)52-34-44-17-6-7-18-45(44)36-56(52)69)70-58-23-12-21-50(62(54)58)65-67-63(46-30-27-40-15-4-5-16-43(40)33-46)66-64(68-65)47-31-32-61-53(35-47)49-20-9-11-24-60(49)71-61/h1-38H. The molecule has 0 aliphatic rings. The van der Waals surface area contributed by atoms with Crippen molar-refractivity contribution in [3.63, 3.8) is 0 Å². The van der Waals surface area contributed by atoms with Crippen molar-refractivity contribution in [2.75, 3.05) is 0 Å². The van der Waals surface area contributed by atoms with Gasteiger partial charge in [-0.05, 0) is 98.9 Å². The van der Waals surface area contributed by atoms with Gasteiger partial charge in [-0.3, -0.25) is 0 Å². The lowest BCUT2D eigenvalue weighted by molar-refractivity contribution is 0.668. The molecule has 6 heteroatoms. The lowest BCUT2D eigenvalue weighted by Crippen LogP contribution is -2.00. The van der Waals surface area contributed by atoms with E-state index in [-0.39, 0.29) is 0 Å². The Morgan fingerprint density at radius 2 is 0.944 bits per heavy atom. The summed E-state index contributed by atoms with van der Waals surface area (Å²) in [5.74, 6) is 1.80. The van der Waals surface area contributed by atoms with Crippen LogP contribution in [0.1, 0.15) is 0 Å². The number of fused-ring (bicyclic) bond motifs is 11. The molecule has 0 fully saturated rings. The van der Waals surface area contributed by atoms with Gasteiger partial charge in [-0.1, -0.05) is 164 Å². The molecule has 0 spiro atoms.